The van der Waals surface area contributed by atoms with Crippen LogP contribution in [0.2, 0.25) is 5.02 Å². The van der Waals surface area contributed by atoms with Gasteiger partial charge in [0.25, 0.3) is 5.91 Å². The summed E-state index contributed by atoms with van der Waals surface area (Å²) in [7, 11) is -2.25. The molecule has 2 aromatic carbocycles. The molecule has 2 rings (SSSR count). The highest BCUT2D eigenvalue weighted by Crippen LogP contribution is 2.27. The molecule has 8 heteroatoms. The van der Waals surface area contributed by atoms with Crippen molar-refractivity contribution in [3.8, 4) is 5.75 Å². The second-order valence-electron chi connectivity index (χ2n) is 7.14. The Balaban J connectivity index is 2.33. The fraction of sp³-hybridized carbons (Fsp3) is 0.316. The average molecular weight is 411 g/mol. The summed E-state index contributed by atoms with van der Waals surface area (Å²) in [6.45, 7) is 6.99. The Kier molecular flexibility index (Phi) is 6.19. The number of benzene rings is 2. The van der Waals surface area contributed by atoms with E-state index in [4.69, 9.17) is 16.3 Å². The van der Waals surface area contributed by atoms with Crippen molar-refractivity contribution in [2.75, 3.05) is 12.4 Å². The van der Waals surface area contributed by atoms with Gasteiger partial charge in [0.2, 0.25) is 10.0 Å². The first kappa shape index (κ1) is 21.2. The zero-order chi connectivity index (χ0) is 20.4. The molecule has 0 atom stereocenters. The summed E-state index contributed by atoms with van der Waals surface area (Å²) in [4.78, 5) is 12.7. The standard InChI is InChI=1S/C19H23ClN2O4S/c1-12-6-8-14(27(24,25)22-19(2,3)4)11-15(12)18(23)21-13-7-9-17(26-5)16(20)10-13/h6-11,22H,1-5H3,(H,21,23). The van der Waals surface area contributed by atoms with E-state index in [2.05, 4.69) is 10.0 Å². The lowest BCUT2D eigenvalue weighted by atomic mass is 10.1. The van der Waals surface area contributed by atoms with E-state index in [9.17, 15) is 13.2 Å². The SMILES string of the molecule is COc1ccc(NC(=O)c2cc(S(=O)(=O)NC(C)(C)C)ccc2C)cc1Cl. The molecule has 0 aromatic heterocycles. The molecule has 0 heterocycles. The fourth-order valence-electron chi connectivity index (χ4n) is 2.42. The Morgan fingerprint density at radius 1 is 1.11 bits per heavy atom. The van der Waals surface area contributed by atoms with Crippen molar-refractivity contribution in [3.05, 3.63) is 52.5 Å². The van der Waals surface area contributed by atoms with E-state index < -0.39 is 21.5 Å². The highest BCUT2D eigenvalue weighted by molar-refractivity contribution is 7.89. The van der Waals surface area contributed by atoms with E-state index in [1.54, 1.807) is 52.0 Å². The molecule has 0 unspecified atom stereocenters. The molecule has 0 radical (unpaired) electrons. The van der Waals surface area contributed by atoms with E-state index in [0.717, 1.165) is 0 Å². The molecule has 1 amide bonds. The van der Waals surface area contributed by atoms with Gasteiger partial charge in [0.1, 0.15) is 5.75 Å². The summed E-state index contributed by atoms with van der Waals surface area (Å²) < 4.78 is 32.7. The highest BCUT2D eigenvalue weighted by atomic mass is 35.5. The Bertz CT molecular complexity index is 966. The molecule has 0 bridgehead atoms. The smallest absolute Gasteiger partial charge is 0.255 e. The second-order valence-corrected chi connectivity index (χ2v) is 9.23. The topological polar surface area (TPSA) is 84.5 Å². The van der Waals surface area contributed by atoms with Crippen molar-refractivity contribution < 1.29 is 17.9 Å². The number of anilines is 1. The van der Waals surface area contributed by atoms with Crippen LogP contribution in [0.4, 0.5) is 5.69 Å². The summed E-state index contributed by atoms with van der Waals surface area (Å²) in [5.41, 5.74) is 0.762. The van der Waals surface area contributed by atoms with Crippen LogP contribution in [-0.2, 0) is 10.0 Å². The molecule has 146 valence electrons. The number of aryl methyl sites for hydroxylation is 1. The Hall–Kier alpha value is -2.09. The van der Waals surface area contributed by atoms with Gasteiger partial charge in [-0.15, -0.1) is 0 Å². The Morgan fingerprint density at radius 3 is 2.33 bits per heavy atom. The van der Waals surface area contributed by atoms with Gasteiger partial charge >= 0.3 is 0 Å². The van der Waals surface area contributed by atoms with E-state index >= 15 is 0 Å². The number of halogens is 1. The molecule has 0 spiro atoms. The molecular weight excluding hydrogens is 388 g/mol. The normalized spacial score (nSPS) is 11.9. The van der Waals surface area contributed by atoms with Crippen LogP contribution in [0, 0.1) is 6.92 Å². The highest BCUT2D eigenvalue weighted by Gasteiger charge is 2.23. The molecule has 0 aliphatic carbocycles. The molecule has 0 aliphatic rings. The molecular formula is C19H23ClN2O4S. The van der Waals surface area contributed by atoms with Crippen LogP contribution in [0.15, 0.2) is 41.3 Å². The number of nitrogens with one attached hydrogen (secondary N) is 2. The first-order valence-corrected chi connectivity index (χ1v) is 10.1. The molecule has 6 nitrogen and oxygen atoms in total. The summed E-state index contributed by atoms with van der Waals surface area (Å²) in [6.07, 6.45) is 0. The molecule has 2 aromatic rings. The summed E-state index contributed by atoms with van der Waals surface area (Å²) in [5.74, 6) is 0.0636. The number of hydrogen-bond acceptors (Lipinski definition) is 4. The maximum atomic E-state index is 12.7. The van der Waals surface area contributed by atoms with Crippen LogP contribution in [0.1, 0.15) is 36.7 Å². The number of hydrogen-bond donors (Lipinski definition) is 2. The third-order valence-electron chi connectivity index (χ3n) is 3.61. The Labute approximate surface area is 164 Å². The van der Waals surface area contributed by atoms with Gasteiger partial charge in [-0.1, -0.05) is 17.7 Å². The molecule has 2 N–H and O–H groups in total. The zero-order valence-electron chi connectivity index (χ0n) is 15.9. The minimum absolute atomic E-state index is 0.0286. The first-order valence-electron chi connectivity index (χ1n) is 8.22. The molecule has 27 heavy (non-hydrogen) atoms. The van der Waals surface area contributed by atoms with Gasteiger partial charge in [-0.25, -0.2) is 13.1 Å². The van der Waals surface area contributed by atoms with Crippen molar-refractivity contribution in [1.82, 2.24) is 4.72 Å². The number of methoxy groups -OCH3 is 1. The number of ether oxygens (including phenoxy) is 1. The van der Waals surface area contributed by atoms with E-state index in [1.807, 2.05) is 0 Å². The monoisotopic (exact) mass is 410 g/mol. The quantitative estimate of drug-likeness (QED) is 0.780. The zero-order valence-corrected chi connectivity index (χ0v) is 17.5. The fourth-order valence-corrected chi connectivity index (χ4v) is 4.12. The van der Waals surface area contributed by atoms with Crippen molar-refractivity contribution >= 4 is 33.2 Å². The minimum Gasteiger partial charge on any atom is -0.495 e. The number of sulfonamides is 1. The van der Waals surface area contributed by atoms with Crippen LogP contribution in [0.25, 0.3) is 0 Å². The summed E-state index contributed by atoms with van der Waals surface area (Å²) in [5, 5.41) is 3.08. The van der Waals surface area contributed by atoms with Gasteiger partial charge in [-0.05, 0) is 63.6 Å². The van der Waals surface area contributed by atoms with E-state index in [1.165, 1.54) is 19.2 Å². The number of carbonyl (C=O) groups excluding carboxylic acids is 1. The van der Waals surface area contributed by atoms with Crippen LogP contribution in [-0.4, -0.2) is 27.0 Å². The van der Waals surface area contributed by atoms with Gasteiger partial charge in [-0.3, -0.25) is 4.79 Å². The lowest BCUT2D eigenvalue weighted by molar-refractivity contribution is 0.102. The van der Waals surface area contributed by atoms with Crippen molar-refractivity contribution in [1.29, 1.82) is 0 Å². The van der Waals surface area contributed by atoms with Gasteiger partial charge in [0.15, 0.2) is 0 Å². The van der Waals surface area contributed by atoms with Crippen molar-refractivity contribution in [2.45, 2.75) is 38.1 Å². The van der Waals surface area contributed by atoms with Crippen molar-refractivity contribution in [2.24, 2.45) is 0 Å². The van der Waals surface area contributed by atoms with Gasteiger partial charge in [0, 0.05) is 16.8 Å². The third kappa shape index (κ3) is 5.45. The predicted molar refractivity (Wildman–Crippen MR) is 107 cm³/mol. The van der Waals surface area contributed by atoms with Gasteiger partial charge < -0.3 is 10.1 Å². The molecule has 0 fully saturated rings. The third-order valence-corrected chi connectivity index (χ3v) is 5.67. The molecule has 0 saturated carbocycles. The Morgan fingerprint density at radius 2 is 1.78 bits per heavy atom. The number of carbonyl (C=O) groups is 1. The predicted octanol–water partition coefficient (Wildman–Crippen LogP) is 3.99. The molecule has 0 saturated heterocycles. The average Bonchev–Trinajstić information content (AvgIpc) is 2.53. The van der Waals surface area contributed by atoms with Crippen molar-refractivity contribution in [3.63, 3.8) is 0 Å². The van der Waals surface area contributed by atoms with Crippen LogP contribution in [0.5, 0.6) is 5.75 Å². The van der Waals surface area contributed by atoms with Crippen LogP contribution < -0.4 is 14.8 Å². The summed E-state index contributed by atoms with van der Waals surface area (Å²) >= 11 is 6.07. The minimum atomic E-state index is -3.75. The van der Waals surface area contributed by atoms with Crippen LogP contribution in [0.3, 0.4) is 0 Å². The second kappa shape index (κ2) is 7.88. The van der Waals surface area contributed by atoms with Crippen LogP contribution >= 0.6 is 11.6 Å². The number of rotatable bonds is 5. The van der Waals surface area contributed by atoms with E-state index in [-0.39, 0.29) is 10.5 Å². The molecule has 0 aliphatic heterocycles. The van der Waals surface area contributed by atoms with Gasteiger partial charge in [0.05, 0.1) is 17.0 Å². The largest absolute Gasteiger partial charge is 0.495 e. The maximum Gasteiger partial charge on any atom is 0.255 e. The number of amides is 1. The first-order chi connectivity index (χ1) is 12.4. The summed E-state index contributed by atoms with van der Waals surface area (Å²) in [6, 6.07) is 9.30. The maximum absolute atomic E-state index is 12.7. The lowest BCUT2D eigenvalue weighted by Gasteiger charge is -2.20. The van der Waals surface area contributed by atoms with Gasteiger partial charge in [-0.2, -0.15) is 0 Å². The van der Waals surface area contributed by atoms with E-state index in [0.29, 0.717) is 22.0 Å². The lowest BCUT2D eigenvalue weighted by Crippen LogP contribution is -2.40.